The first-order valence-corrected chi connectivity index (χ1v) is 7.29. The molecule has 1 atom stereocenters. The van der Waals surface area contributed by atoms with Gasteiger partial charge in [0, 0.05) is 5.56 Å². The van der Waals surface area contributed by atoms with Crippen LogP contribution < -0.4 is 0 Å². The van der Waals surface area contributed by atoms with Crippen molar-refractivity contribution in [2.75, 3.05) is 6.61 Å². The average Bonchev–Trinajstić information content (AvgIpc) is 2.78. The zero-order valence-corrected chi connectivity index (χ0v) is 12.2. The lowest BCUT2D eigenvalue weighted by atomic mass is 10.0. The Kier molecular flexibility index (Phi) is 5.21. The fourth-order valence-corrected chi connectivity index (χ4v) is 2.17. The lowest BCUT2D eigenvalue weighted by Crippen LogP contribution is -2.02. The summed E-state index contributed by atoms with van der Waals surface area (Å²) < 4.78 is 5.52. The van der Waals surface area contributed by atoms with Crippen molar-refractivity contribution in [1.29, 1.82) is 0 Å². The average molecular weight is 266 g/mol. The van der Waals surface area contributed by atoms with Gasteiger partial charge in [0.05, 0.1) is 6.61 Å². The summed E-state index contributed by atoms with van der Waals surface area (Å²) >= 11 is 0. The van der Waals surface area contributed by atoms with Gasteiger partial charge in [-0.3, -0.25) is 0 Å². The number of unbranched alkanes of at least 4 members (excludes halogenated alkanes) is 2. The molecule has 1 aliphatic rings. The van der Waals surface area contributed by atoms with Crippen molar-refractivity contribution < 1.29 is 4.74 Å². The van der Waals surface area contributed by atoms with E-state index in [1.54, 1.807) is 0 Å². The zero-order chi connectivity index (χ0) is 14.4. The molecule has 0 bridgehead atoms. The van der Waals surface area contributed by atoms with Gasteiger partial charge < -0.3 is 4.74 Å². The van der Waals surface area contributed by atoms with E-state index in [2.05, 4.69) is 56.2 Å². The standard InChI is InChI=1S/C19H22O/c1-4-5-6-7-17-8-10-18(11-9-17)12-13-19-16(3)15(2)14-20-19/h8-11,19H,2-7,14H2,1H3. The Balaban J connectivity index is 1.94. The molecule has 0 aromatic heterocycles. The lowest BCUT2D eigenvalue weighted by molar-refractivity contribution is 0.170. The van der Waals surface area contributed by atoms with Gasteiger partial charge in [-0.2, -0.15) is 0 Å². The molecule has 0 N–H and O–H groups in total. The van der Waals surface area contributed by atoms with Crippen LogP contribution in [0.3, 0.4) is 0 Å². The topological polar surface area (TPSA) is 9.23 Å². The summed E-state index contributed by atoms with van der Waals surface area (Å²) in [4.78, 5) is 0. The van der Waals surface area contributed by atoms with Crippen molar-refractivity contribution in [3.05, 3.63) is 59.7 Å². The molecule has 1 aromatic rings. The highest BCUT2D eigenvalue weighted by molar-refractivity contribution is 5.43. The van der Waals surface area contributed by atoms with Gasteiger partial charge >= 0.3 is 0 Å². The minimum Gasteiger partial charge on any atom is -0.356 e. The van der Waals surface area contributed by atoms with Crippen molar-refractivity contribution >= 4 is 0 Å². The summed E-state index contributed by atoms with van der Waals surface area (Å²) in [5.74, 6) is 6.27. The second kappa shape index (κ2) is 7.12. The van der Waals surface area contributed by atoms with Crippen LogP contribution in [0.2, 0.25) is 0 Å². The maximum Gasteiger partial charge on any atom is 0.143 e. The van der Waals surface area contributed by atoms with E-state index in [4.69, 9.17) is 4.74 Å². The van der Waals surface area contributed by atoms with Crippen LogP contribution in [0.15, 0.2) is 48.6 Å². The van der Waals surface area contributed by atoms with Crippen LogP contribution in [-0.2, 0) is 11.2 Å². The molecule has 0 radical (unpaired) electrons. The van der Waals surface area contributed by atoms with Gasteiger partial charge in [-0.15, -0.1) is 0 Å². The molecule has 1 heterocycles. The van der Waals surface area contributed by atoms with Gasteiger partial charge in [-0.25, -0.2) is 0 Å². The van der Waals surface area contributed by atoms with Crippen LogP contribution in [0.5, 0.6) is 0 Å². The summed E-state index contributed by atoms with van der Waals surface area (Å²) in [5, 5.41) is 0. The Bertz CT molecular complexity index is 539. The van der Waals surface area contributed by atoms with Gasteiger partial charge in [0.2, 0.25) is 0 Å². The minimum absolute atomic E-state index is 0.188. The Hall–Kier alpha value is -1.78. The number of aryl methyl sites for hydroxylation is 1. The molecular formula is C19H22O. The van der Waals surface area contributed by atoms with Gasteiger partial charge in [0.25, 0.3) is 0 Å². The molecule has 1 heteroatoms. The SMILES string of the molecule is C=C1COC(C#Cc2ccc(CCCCC)cc2)C1=C. The van der Waals surface area contributed by atoms with E-state index in [1.807, 2.05) is 0 Å². The molecule has 20 heavy (non-hydrogen) atoms. The molecule has 1 fully saturated rings. The molecular weight excluding hydrogens is 244 g/mol. The van der Waals surface area contributed by atoms with Crippen LogP contribution in [0, 0.1) is 11.8 Å². The maximum absolute atomic E-state index is 5.52. The third-order valence-corrected chi connectivity index (χ3v) is 3.57. The van der Waals surface area contributed by atoms with E-state index in [1.165, 1.54) is 24.8 Å². The van der Waals surface area contributed by atoms with Crippen molar-refractivity contribution in [3.8, 4) is 11.8 Å². The summed E-state index contributed by atoms with van der Waals surface area (Å²) in [6.07, 6.45) is 4.79. The first-order chi connectivity index (χ1) is 9.70. The van der Waals surface area contributed by atoms with E-state index < -0.39 is 0 Å². The smallest absolute Gasteiger partial charge is 0.143 e. The Labute approximate surface area is 122 Å². The van der Waals surface area contributed by atoms with Crippen LogP contribution in [0.25, 0.3) is 0 Å². The minimum atomic E-state index is -0.188. The van der Waals surface area contributed by atoms with Crippen LogP contribution in [-0.4, -0.2) is 12.7 Å². The van der Waals surface area contributed by atoms with Gasteiger partial charge in [-0.05, 0) is 41.7 Å². The van der Waals surface area contributed by atoms with E-state index >= 15 is 0 Å². The van der Waals surface area contributed by atoms with Gasteiger partial charge in [0.15, 0.2) is 0 Å². The normalized spacial score (nSPS) is 17.9. The Morgan fingerprint density at radius 2 is 1.95 bits per heavy atom. The quantitative estimate of drug-likeness (QED) is 0.584. The maximum atomic E-state index is 5.52. The van der Waals surface area contributed by atoms with Crippen molar-refractivity contribution in [1.82, 2.24) is 0 Å². The lowest BCUT2D eigenvalue weighted by Gasteiger charge is -2.01. The second-order valence-corrected chi connectivity index (χ2v) is 5.24. The van der Waals surface area contributed by atoms with Crippen LogP contribution in [0.4, 0.5) is 0 Å². The number of ether oxygens (including phenoxy) is 1. The monoisotopic (exact) mass is 266 g/mol. The first-order valence-electron chi connectivity index (χ1n) is 7.29. The second-order valence-electron chi connectivity index (χ2n) is 5.24. The molecule has 1 unspecified atom stereocenters. The van der Waals surface area contributed by atoms with Gasteiger partial charge in [-0.1, -0.05) is 56.9 Å². The Morgan fingerprint density at radius 1 is 1.20 bits per heavy atom. The van der Waals surface area contributed by atoms with E-state index in [-0.39, 0.29) is 6.10 Å². The van der Waals surface area contributed by atoms with E-state index in [9.17, 15) is 0 Å². The first kappa shape index (κ1) is 14.6. The molecule has 1 nitrogen and oxygen atoms in total. The number of hydrogen-bond donors (Lipinski definition) is 0. The highest BCUT2D eigenvalue weighted by Crippen LogP contribution is 2.21. The van der Waals surface area contributed by atoms with Crippen molar-refractivity contribution in [3.63, 3.8) is 0 Å². The highest BCUT2D eigenvalue weighted by Gasteiger charge is 2.20. The molecule has 1 aromatic carbocycles. The molecule has 1 saturated heterocycles. The summed E-state index contributed by atoms with van der Waals surface area (Å²) in [5.41, 5.74) is 4.28. The molecule has 0 spiro atoms. The number of hydrogen-bond acceptors (Lipinski definition) is 1. The fraction of sp³-hybridized carbons (Fsp3) is 0.368. The number of benzene rings is 1. The molecule has 2 rings (SSSR count). The molecule has 0 aliphatic carbocycles. The summed E-state index contributed by atoms with van der Waals surface area (Å²) in [6.45, 7) is 10.6. The zero-order valence-electron chi connectivity index (χ0n) is 12.2. The van der Waals surface area contributed by atoms with Gasteiger partial charge in [0.1, 0.15) is 6.10 Å². The highest BCUT2D eigenvalue weighted by atomic mass is 16.5. The third kappa shape index (κ3) is 3.85. The van der Waals surface area contributed by atoms with Crippen LogP contribution >= 0.6 is 0 Å². The molecule has 0 amide bonds. The number of rotatable bonds is 4. The summed E-state index contributed by atoms with van der Waals surface area (Å²) in [6, 6.07) is 8.51. The van der Waals surface area contributed by atoms with E-state index in [0.717, 1.165) is 23.1 Å². The van der Waals surface area contributed by atoms with Crippen molar-refractivity contribution in [2.24, 2.45) is 0 Å². The fourth-order valence-electron chi connectivity index (χ4n) is 2.17. The van der Waals surface area contributed by atoms with E-state index in [0.29, 0.717) is 6.61 Å². The van der Waals surface area contributed by atoms with Crippen molar-refractivity contribution in [2.45, 2.75) is 38.7 Å². The third-order valence-electron chi connectivity index (χ3n) is 3.57. The molecule has 0 saturated carbocycles. The molecule has 1 aliphatic heterocycles. The van der Waals surface area contributed by atoms with Crippen LogP contribution in [0.1, 0.15) is 37.3 Å². The molecule has 104 valence electrons. The summed E-state index contributed by atoms with van der Waals surface area (Å²) in [7, 11) is 0. The predicted molar refractivity (Wildman–Crippen MR) is 84.6 cm³/mol. The predicted octanol–water partition coefficient (Wildman–Crippen LogP) is 4.28. The Morgan fingerprint density at radius 3 is 2.55 bits per heavy atom. The largest absolute Gasteiger partial charge is 0.356 e.